The zero-order chi connectivity index (χ0) is 17.1. The van der Waals surface area contributed by atoms with E-state index in [1.54, 1.807) is 6.92 Å². The van der Waals surface area contributed by atoms with Gasteiger partial charge < -0.3 is 24.4 Å². The lowest BCUT2D eigenvalue weighted by Crippen LogP contribution is -2.44. The summed E-state index contributed by atoms with van der Waals surface area (Å²) in [5.41, 5.74) is -0.634. The van der Waals surface area contributed by atoms with Crippen LogP contribution in [0.15, 0.2) is 15.8 Å². The van der Waals surface area contributed by atoms with Gasteiger partial charge >= 0.3 is 5.69 Å². The molecule has 0 aliphatic carbocycles. The molecule has 2 N–H and O–H groups in total. The third-order valence-corrected chi connectivity index (χ3v) is 3.85. The summed E-state index contributed by atoms with van der Waals surface area (Å²) in [5.74, 6) is 0. The van der Waals surface area contributed by atoms with Crippen molar-refractivity contribution in [3.8, 4) is 0 Å². The molecule has 1 aromatic heterocycles. The van der Waals surface area contributed by atoms with Crippen molar-refractivity contribution in [2.75, 3.05) is 26.9 Å². The molecule has 0 bridgehead atoms. The highest BCUT2D eigenvalue weighted by molar-refractivity contribution is 5.04. The minimum absolute atomic E-state index is 0.190. The molecule has 1 fully saturated rings. The number of ether oxygens (including phenoxy) is 3. The summed E-state index contributed by atoms with van der Waals surface area (Å²) >= 11 is 0. The molecule has 1 aliphatic heterocycles. The van der Waals surface area contributed by atoms with E-state index in [-0.39, 0.29) is 6.61 Å². The minimum atomic E-state index is -1.11. The number of hydrogen-bond acceptors (Lipinski definition) is 7. The van der Waals surface area contributed by atoms with E-state index in [9.17, 15) is 19.8 Å². The fraction of sp³-hybridized carbons (Fsp3) is 0.714. The molecule has 130 valence electrons. The first-order valence-electron chi connectivity index (χ1n) is 7.26. The van der Waals surface area contributed by atoms with Gasteiger partial charge in [0.1, 0.15) is 18.3 Å². The molecule has 0 saturated carbocycles. The van der Waals surface area contributed by atoms with Crippen LogP contribution in [0, 0.1) is 6.92 Å². The van der Waals surface area contributed by atoms with E-state index < -0.39 is 42.4 Å². The van der Waals surface area contributed by atoms with Gasteiger partial charge in [0, 0.05) is 25.9 Å². The summed E-state index contributed by atoms with van der Waals surface area (Å²) < 4.78 is 18.2. The third-order valence-electron chi connectivity index (χ3n) is 3.85. The van der Waals surface area contributed by atoms with Crippen LogP contribution in [0.3, 0.4) is 0 Å². The summed E-state index contributed by atoms with van der Waals surface area (Å²) in [4.78, 5) is 24.1. The predicted molar refractivity (Wildman–Crippen MR) is 79.3 cm³/mol. The molecule has 1 unspecified atom stereocenters. The molecule has 0 radical (unpaired) electrons. The second kappa shape index (κ2) is 7.37. The maximum atomic E-state index is 12.3. The molecule has 1 aromatic rings. The lowest BCUT2D eigenvalue weighted by molar-refractivity contribution is -0.0824. The number of methoxy groups -OCH3 is 1. The van der Waals surface area contributed by atoms with Gasteiger partial charge in [0.15, 0.2) is 6.23 Å². The molecule has 4 atom stereocenters. The van der Waals surface area contributed by atoms with E-state index >= 15 is 0 Å². The van der Waals surface area contributed by atoms with Crippen molar-refractivity contribution in [1.29, 1.82) is 0 Å². The molecular formula is C14H22N2O7. The first-order valence-corrected chi connectivity index (χ1v) is 7.26. The third kappa shape index (κ3) is 3.38. The largest absolute Gasteiger partial charge is 0.394 e. The Hall–Kier alpha value is -1.52. The molecular weight excluding hydrogens is 308 g/mol. The van der Waals surface area contributed by atoms with Crippen LogP contribution in [-0.4, -0.2) is 64.6 Å². The maximum absolute atomic E-state index is 12.3. The van der Waals surface area contributed by atoms with Crippen LogP contribution in [0.5, 0.6) is 0 Å². The molecule has 1 aliphatic rings. The van der Waals surface area contributed by atoms with Crippen molar-refractivity contribution in [3.05, 3.63) is 32.6 Å². The Morgan fingerprint density at radius 2 is 2.04 bits per heavy atom. The van der Waals surface area contributed by atoms with Gasteiger partial charge in [-0.15, -0.1) is 0 Å². The van der Waals surface area contributed by atoms with Gasteiger partial charge in [-0.25, -0.2) is 4.79 Å². The van der Waals surface area contributed by atoms with E-state index in [4.69, 9.17) is 14.2 Å². The zero-order valence-corrected chi connectivity index (χ0v) is 13.3. The van der Waals surface area contributed by atoms with Crippen LogP contribution < -0.4 is 11.2 Å². The normalized spacial score (nSPS) is 27.5. The summed E-state index contributed by atoms with van der Waals surface area (Å²) in [6.45, 7) is 1.66. The number of aryl methyl sites for hydroxylation is 1. The van der Waals surface area contributed by atoms with Crippen LogP contribution in [0.4, 0.5) is 0 Å². The highest BCUT2D eigenvalue weighted by Gasteiger charge is 2.45. The van der Waals surface area contributed by atoms with Gasteiger partial charge in [-0.2, -0.15) is 0 Å². The SMILES string of the molecule is COCCOC1[C@@H](O)[C@@H](CO)O[C@H]1n1cc(C)c(=O)n(C)c1=O. The quantitative estimate of drug-likeness (QED) is 0.588. The Labute approximate surface area is 132 Å². The lowest BCUT2D eigenvalue weighted by Gasteiger charge is -2.23. The van der Waals surface area contributed by atoms with E-state index in [1.165, 1.54) is 24.9 Å². The number of aromatic nitrogens is 2. The summed E-state index contributed by atoms with van der Waals surface area (Å²) in [6, 6.07) is 0. The average molecular weight is 330 g/mol. The first-order chi connectivity index (χ1) is 10.9. The van der Waals surface area contributed by atoms with Crippen LogP contribution in [0.2, 0.25) is 0 Å². The van der Waals surface area contributed by atoms with Crippen molar-refractivity contribution in [2.45, 2.75) is 31.5 Å². The molecule has 23 heavy (non-hydrogen) atoms. The first kappa shape index (κ1) is 17.8. The number of nitrogens with zero attached hydrogens (tertiary/aromatic N) is 2. The Bertz CT molecular complexity index is 654. The summed E-state index contributed by atoms with van der Waals surface area (Å²) in [7, 11) is 2.88. The average Bonchev–Trinajstić information content (AvgIpc) is 2.85. The van der Waals surface area contributed by atoms with Crippen molar-refractivity contribution >= 4 is 0 Å². The fourth-order valence-electron chi connectivity index (χ4n) is 2.57. The zero-order valence-electron chi connectivity index (χ0n) is 13.3. The summed E-state index contributed by atoms with van der Waals surface area (Å²) in [6.07, 6.45) is -2.42. The monoisotopic (exact) mass is 330 g/mol. The number of aliphatic hydroxyl groups is 2. The number of hydrogen-bond donors (Lipinski definition) is 2. The minimum Gasteiger partial charge on any atom is -0.394 e. The van der Waals surface area contributed by atoms with Crippen molar-refractivity contribution in [3.63, 3.8) is 0 Å². The van der Waals surface area contributed by atoms with Gasteiger partial charge in [0.05, 0.1) is 19.8 Å². The number of rotatable bonds is 6. The van der Waals surface area contributed by atoms with Crippen molar-refractivity contribution in [1.82, 2.24) is 9.13 Å². The van der Waals surface area contributed by atoms with Gasteiger partial charge in [-0.05, 0) is 6.92 Å². The van der Waals surface area contributed by atoms with Gasteiger partial charge in [-0.1, -0.05) is 0 Å². The smallest absolute Gasteiger partial charge is 0.332 e. The fourth-order valence-corrected chi connectivity index (χ4v) is 2.57. The van der Waals surface area contributed by atoms with Crippen molar-refractivity contribution in [2.24, 2.45) is 7.05 Å². The molecule has 9 nitrogen and oxygen atoms in total. The Kier molecular flexibility index (Phi) is 5.71. The van der Waals surface area contributed by atoms with E-state index in [0.717, 1.165) is 4.57 Å². The highest BCUT2D eigenvalue weighted by atomic mass is 16.6. The molecule has 1 saturated heterocycles. The maximum Gasteiger partial charge on any atom is 0.332 e. The van der Waals surface area contributed by atoms with Gasteiger partial charge in [-0.3, -0.25) is 13.9 Å². The molecule has 0 amide bonds. The molecule has 2 rings (SSSR count). The predicted octanol–water partition coefficient (Wildman–Crippen LogP) is -1.86. The molecule has 0 spiro atoms. The highest BCUT2D eigenvalue weighted by Crippen LogP contribution is 2.30. The second-order valence-electron chi connectivity index (χ2n) is 5.43. The van der Waals surface area contributed by atoms with E-state index in [2.05, 4.69) is 0 Å². The van der Waals surface area contributed by atoms with E-state index in [0.29, 0.717) is 12.2 Å². The molecule has 0 aromatic carbocycles. The van der Waals surface area contributed by atoms with Gasteiger partial charge in [0.2, 0.25) is 0 Å². The van der Waals surface area contributed by atoms with Crippen LogP contribution in [0.1, 0.15) is 11.8 Å². The Balaban J connectivity index is 2.39. The van der Waals surface area contributed by atoms with E-state index in [1.807, 2.05) is 0 Å². The topological polar surface area (TPSA) is 112 Å². The summed E-state index contributed by atoms with van der Waals surface area (Å²) in [5, 5.41) is 19.5. The van der Waals surface area contributed by atoms with Crippen LogP contribution in [0.25, 0.3) is 0 Å². The molecule has 9 heteroatoms. The van der Waals surface area contributed by atoms with Crippen molar-refractivity contribution < 1.29 is 24.4 Å². The Morgan fingerprint density at radius 1 is 1.35 bits per heavy atom. The number of aliphatic hydroxyl groups excluding tert-OH is 2. The van der Waals surface area contributed by atoms with Crippen LogP contribution in [-0.2, 0) is 21.3 Å². The second-order valence-corrected chi connectivity index (χ2v) is 5.43. The standard InChI is InChI=1S/C14H22N2O7/c1-8-6-16(14(20)15(2)12(8)19)13-11(22-5-4-21-3)10(18)9(7-17)23-13/h6,9-11,13,17-18H,4-5,7H2,1-3H3/t9-,10+,11?,13-/m1/s1. The lowest BCUT2D eigenvalue weighted by atomic mass is 10.1. The molecule has 2 heterocycles. The Morgan fingerprint density at radius 3 is 2.65 bits per heavy atom. The van der Waals surface area contributed by atoms with Crippen LogP contribution >= 0.6 is 0 Å². The van der Waals surface area contributed by atoms with Gasteiger partial charge in [0.25, 0.3) is 5.56 Å².